The number of rotatable bonds is 4. The van der Waals surface area contributed by atoms with Gasteiger partial charge in [-0.3, -0.25) is 4.79 Å². The molecule has 4 rings (SSSR count). The van der Waals surface area contributed by atoms with E-state index < -0.39 is 0 Å². The van der Waals surface area contributed by atoms with Crippen LogP contribution in [0.3, 0.4) is 0 Å². The highest BCUT2D eigenvalue weighted by atomic mass is 79.9. The molecule has 8 heteroatoms. The predicted molar refractivity (Wildman–Crippen MR) is 117 cm³/mol. The molecule has 1 aliphatic rings. The first-order valence-corrected chi connectivity index (χ1v) is 11.4. The molecule has 0 fully saturated rings. The number of carbonyl (C=O) groups excluding carboxylic acids is 1. The summed E-state index contributed by atoms with van der Waals surface area (Å²) in [5.41, 5.74) is 9.44. The number of hydrogen-bond acceptors (Lipinski definition) is 6. The van der Waals surface area contributed by atoms with Crippen molar-refractivity contribution in [3.05, 3.63) is 38.7 Å². The molecule has 2 heterocycles. The van der Waals surface area contributed by atoms with Crippen molar-refractivity contribution in [2.24, 2.45) is 0 Å². The Hall–Kier alpha value is -1.64. The zero-order valence-corrected chi connectivity index (χ0v) is 18.1. The second-order valence-corrected chi connectivity index (χ2v) is 9.48. The molecule has 27 heavy (non-hydrogen) atoms. The number of anilines is 2. The molecule has 2 aromatic heterocycles. The summed E-state index contributed by atoms with van der Waals surface area (Å²) >= 11 is 6.50. The largest absolute Gasteiger partial charge is 0.383 e. The van der Waals surface area contributed by atoms with Crippen molar-refractivity contribution in [2.75, 3.05) is 16.8 Å². The summed E-state index contributed by atoms with van der Waals surface area (Å²) in [7, 11) is 0. The standard InChI is InChI=1S/C19H19BrN4OS2/c1-10-6-7-13(12(20)8-10)22-15(25)9-26-19-23-17(21)16-11-4-2-3-5-14(11)27-18(16)24-19/h6-8H,2-5,9H2,1H3,(H,22,25)(H2,21,23,24). The van der Waals surface area contributed by atoms with Gasteiger partial charge >= 0.3 is 0 Å². The zero-order chi connectivity index (χ0) is 19.0. The quantitative estimate of drug-likeness (QED) is 0.423. The SMILES string of the molecule is Cc1ccc(NC(=O)CSc2nc(N)c3c4c(sc3n2)CCCC4)c(Br)c1. The van der Waals surface area contributed by atoms with Crippen molar-refractivity contribution in [2.45, 2.75) is 37.8 Å². The van der Waals surface area contributed by atoms with Crippen molar-refractivity contribution >= 4 is 66.7 Å². The summed E-state index contributed by atoms with van der Waals surface area (Å²) in [6, 6.07) is 5.82. The number of carbonyl (C=O) groups is 1. The van der Waals surface area contributed by atoms with Gasteiger partial charge in [0.15, 0.2) is 5.16 Å². The maximum absolute atomic E-state index is 12.3. The van der Waals surface area contributed by atoms with E-state index in [1.807, 2.05) is 25.1 Å². The third-order valence-electron chi connectivity index (χ3n) is 4.55. The van der Waals surface area contributed by atoms with Crippen LogP contribution in [0.15, 0.2) is 27.8 Å². The fourth-order valence-electron chi connectivity index (χ4n) is 3.27. The van der Waals surface area contributed by atoms with E-state index in [-0.39, 0.29) is 11.7 Å². The molecule has 0 unspecified atom stereocenters. The van der Waals surface area contributed by atoms with Crippen LogP contribution in [-0.2, 0) is 17.6 Å². The smallest absolute Gasteiger partial charge is 0.234 e. The number of nitrogens with zero attached hydrogens (tertiary/aromatic N) is 2. The van der Waals surface area contributed by atoms with Crippen LogP contribution in [0.1, 0.15) is 28.8 Å². The minimum absolute atomic E-state index is 0.0997. The van der Waals surface area contributed by atoms with Crippen LogP contribution in [0.5, 0.6) is 0 Å². The summed E-state index contributed by atoms with van der Waals surface area (Å²) in [5.74, 6) is 0.664. The van der Waals surface area contributed by atoms with Crippen LogP contribution >= 0.6 is 39.0 Å². The molecule has 0 spiro atoms. The molecule has 1 aliphatic carbocycles. The molecule has 1 amide bonds. The van der Waals surface area contributed by atoms with Gasteiger partial charge in [0, 0.05) is 9.35 Å². The first-order chi connectivity index (χ1) is 13.0. The van der Waals surface area contributed by atoms with Crippen molar-refractivity contribution in [1.82, 2.24) is 9.97 Å². The summed E-state index contributed by atoms with van der Waals surface area (Å²) < 4.78 is 0.868. The van der Waals surface area contributed by atoms with E-state index in [4.69, 9.17) is 5.73 Å². The maximum Gasteiger partial charge on any atom is 0.234 e. The average molecular weight is 463 g/mol. The number of hydrogen-bond donors (Lipinski definition) is 2. The Morgan fingerprint density at radius 2 is 2.15 bits per heavy atom. The molecule has 140 valence electrons. The molecule has 0 aliphatic heterocycles. The topological polar surface area (TPSA) is 80.9 Å². The van der Waals surface area contributed by atoms with Crippen LogP contribution < -0.4 is 11.1 Å². The Kier molecular flexibility index (Phi) is 5.39. The fourth-order valence-corrected chi connectivity index (χ4v) is 5.84. The molecule has 3 N–H and O–H groups in total. The van der Waals surface area contributed by atoms with Gasteiger partial charge in [0.25, 0.3) is 0 Å². The number of thiophene rings is 1. The van der Waals surface area contributed by atoms with E-state index in [1.54, 1.807) is 11.3 Å². The van der Waals surface area contributed by atoms with Gasteiger partial charge in [-0.15, -0.1) is 11.3 Å². The number of aryl methyl sites for hydroxylation is 3. The van der Waals surface area contributed by atoms with Crippen molar-refractivity contribution in [1.29, 1.82) is 0 Å². The Balaban J connectivity index is 1.48. The van der Waals surface area contributed by atoms with E-state index in [0.717, 1.165) is 38.8 Å². The van der Waals surface area contributed by atoms with E-state index >= 15 is 0 Å². The molecule has 0 atom stereocenters. The Labute approximate surface area is 174 Å². The lowest BCUT2D eigenvalue weighted by Crippen LogP contribution is -2.14. The van der Waals surface area contributed by atoms with Gasteiger partial charge in [-0.25, -0.2) is 9.97 Å². The summed E-state index contributed by atoms with van der Waals surface area (Å²) in [6.07, 6.45) is 4.59. The highest BCUT2D eigenvalue weighted by Gasteiger charge is 2.20. The van der Waals surface area contributed by atoms with Crippen LogP contribution in [0.2, 0.25) is 0 Å². The van der Waals surface area contributed by atoms with Crippen LogP contribution in [0, 0.1) is 6.92 Å². The monoisotopic (exact) mass is 462 g/mol. The average Bonchev–Trinajstić information content (AvgIpc) is 3.01. The van der Waals surface area contributed by atoms with Crippen molar-refractivity contribution in [3.8, 4) is 0 Å². The molecular weight excluding hydrogens is 444 g/mol. The van der Waals surface area contributed by atoms with E-state index in [9.17, 15) is 4.79 Å². The molecular formula is C19H19BrN4OS2. The van der Waals surface area contributed by atoms with E-state index in [0.29, 0.717) is 11.0 Å². The second kappa shape index (κ2) is 7.77. The molecule has 0 saturated heterocycles. The van der Waals surface area contributed by atoms with Crippen LogP contribution in [0.4, 0.5) is 11.5 Å². The third-order valence-corrected chi connectivity index (χ3v) is 7.24. The highest BCUT2D eigenvalue weighted by molar-refractivity contribution is 9.10. The van der Waals surface area contributed by atoms with Crippen LogP contribution in [-0.4, -0.2) is 21.6 Å². The maximum atomic E-state index is 12.3. The van der Waals surface area contributed by atoms with Crippen LogP contribution in [0.25, 0.3) is 10.2 Å². The number of amides is 1. The number of thioether (sulfide) groups is 1. The number of halogens is 1. The number of fused-ring (bicyclic) bond motifs is 3. The number of nitrogens with one attached hydrogen (secondary N) is 1. The first kappa shape index (κ1) is 18.7. The van der Waals surface area contributed by atoms with Gasteiger partial charge in [0.05, 0.1) is 16.8 Å². The predicted octanol–water partition coefficient (Wildman–Crippen LogP) is 4.95. The summed E-state index contributed by atoms with van der Waals surface area (Å²) in [5, 5.41) is 4.48. The van der Waals surface area contributed by atoms with Crippen molar-refractivity contribution < 1.29 is 4.79 Å². The van der Waals surface area contributed by atoms with Crippen molar-refractivity contribution in [3.63, 3.8) is 0 Å². The lowest BCUT2D eigenvalue weighted by molar-refractivity contribution is -0.113. The fraction of sp³-hybridized carbons (Fsp3) is 0.316. The van der Waals surface area contributed by atoms with E-state index in [2.05, 4.69) is 31.2 Å². The molecule has 5 nitrogen and oxygen atoms in total. The second-order valence-electron chi connectivity index (χ2n) is 6.60. The zero-order valence-electron chi connectivity index (χ0n) is 14.8. The van der Waals surface area contributed by atoms with Gasteiger partial charge in [-0.2, -0.15) is 0 Å². The van der Waals surface area contributed by atoms with Gasteiger partial charge in [-0.1, -0.05) is 17.8 Å². The van der Waals surface area contributed by atoms with Gasteiger partial charge in [-0.05, 0) is 71.8 Å². The first-order valence-electron chi connectivity index (χ1n) is 8.78. The normalized spacial score (nSPS) is 13.6. The third kappa shape index (κ3) is 3.97. The molecule has 3 aromatic rings. The van der Waals surface area contributed by atoms with Gasteiger partial charge < -0.3 is 11.1 Å². The lowest BCUT2D eigenvalue weighted by Gasteiger charge is -2.10. The number of nitrogens with two attached hydrogens (primary N) is 1. The molecule has 1 aromatic carbocycles. The summed E-state index contributed by atoms with van der Waals surface area (Å²) in [6.45, 7) is 2.01. The minimum atomic E-state index is -0.0997. The molecule has 0 radical (unpaired) electrons. The lowest BCUT2D eigenvalue weighted by atomic mass is 9.97. The number of nitrogen functional groups attached to an aromatic ring is 1. The molecule has 0 saturated carbocycles. The Morgan fingerprint density at radius 1 is 1.33 bits per heavy atom. The van der Waals surface area contributed by atoms with Gasteiger partial charge in [0.2, 0.25) is 5.91 Å². The Bertz CT molecular complexity index is 1030. The number of aromatic nitrogens is 2. The van der Waals surface area contributed by atoms with E-state index in [1.165, 1.54) is 35.0 Å². The van der Waals surface area contributed by atoms with Gasteiger partial charge in [0.1, 0.15) is 10.6 Å². The minimum Gasteiger partial charge on any atom is -0.383 e. The number of benzene rings is 1. The highest BCUT2D eigenvalue weighted by Crippen LogP contribution is 2.38. The molecule has 0 bridgehead atoms. The summed E-state index contributed by atoms with van der Waals surface area (Å²) in [4.78, 5) is 23.7. The Morgan fingerprint density at radius 3 is 2.96 bits per heavy atom.